The van der Waals surface area contributed by atoms with Crippen molar-refractivity contribution in [2.75, 3.05) is 13.7 Å². The first-order valence-corrected chi connectivity index (χ1v) is 8.31. The topological polar surface area (TPSA) is 26.3 Å². The van der Waals surface area contributed by atoms with Crippen LogP contribution in [0.5, 0.6) is 0 Å². The van der Waals surface area contributed by atoms with E-state index < -0.39 is 0 Å². The van der Waals surface area contributed by atoms with Gasteiger partial charge in [0.2, 0.25) is 0 Å². The molecule has 0 N–H and O–H groups in total. The van der Waals surface area contributed by atoms with Gasteiger partial charge >= 0.3 is 0 Å². The molecule has 4 saturated carbocycles. The van der Waals surface area contributed by atoms with Crippen molar-refractivity contribution in [1.82, 2.24) is 0 Å². The van der Waals surface area contributed by atoms with Crippen molar-refractivity contribution in [1.29, 1.82) is 0 Å². The Hall–Kier alpha value is -1.15. The van der Waals surface area contributed by atoms with Crippen molar-refractivity contribution in [2.24, 2.45) is 17.8 Å². The lowest BCUT2D eigenvalue weighted by Crippen LogP contribution is -2.48. The molecule has 1 aromatic rings. The number of carbonyl (C=O) groups is 1. The Bertz CT molecular complexity index is 525. The van der Waals surface area contributed by atoms with Gasteiger partial charge in [-0.05, 0) is 73.3 Å². The van der Waals surface area contributed by atoms with Crippen molar-refractivity contribution in [3.05, 3.63) is 35.4 Å². The zero-order valence-electron chi connectivity index (χ0n) is 12.8. The fourth-order valence-corrected chi connectivity index (χ4v) is 5.70. The van der Waals surface area contributed by atoms with Gasteiger partial charge in [-0.15, -0.1) is 0 Å². The smallest absolute Gasteiger partial charge is 0.188 e. The molecule has 0 atom stereocenters. The molecule has 0 aromatic heterocycles. The summed E-state index contributed by atoms with van der Waals surface area (Å²) in [5, 5.41) is 0. The van der Waals surface area contributed by atoms with E-state index >= 15 is 0 Å². The molecule has 0 unspecified atom stereocenters. The molecule has 0 radical (unpaired) electrons. The third kappa shape index (κ3) is 2.24. The summed E-state index contributed by atoms with van der Waals surface area (Å²) in [6, 6.07) is 8.42. The molecule has 0 spiro atoms. The first kappa shape index (κ1) is 13.5. The van der Waals surface area contributed by atoms with Crippen LogP contribution in [-0.2, 0) is 10.2 Å². The van der Waals surface area contributed by atoms with Gasteiger partial charge in [0.15, 0.2) is 5.78 Å². The number of ketones is 1. The molecule has 0 saturated heterocycles. The second kappa shape index (κ2) is 4.95. The summed E-state index contributed by atoms with van der Waals surface area (Å²) in [4.78, 5) is 12.1. The second-order valence-electron chi connectivity index (χ2n) is 7.63. The molecular formula is C19H24O2. The Morgan fingerprint density at radius 1 is 1.14 bits per heavy atom. The van der Waals surface area contributed by atoms with Gasteiger partial charge in [-0.1, -0.05) is 18.2 Å². The van der Waals surface area contributed by atoms with Crippen molar-refractivity contribution in [2.45, 2.75) is 43.9 Å². The van der Waals surface area contributed by atoms with E-state index in [2.05, 4.69) is 18.2 Å². The van der Waals surface area contributed by atoms with Gasteiger partial charge in [0, 0.05) is 12.7 Å². The van der Waals surface area contributed by atoms with E-state index in [9.17, 15) is 4.79 Å². The normalized spacial score (nSPS) is 36.9. The number of methoxy groups -OCH3 is 1. The van der Waals surface area contributed by atoms with E-state index in [4.69, 9.17) is 4.74 Å². The highest BCUT2D eigenvalue weighted by Gasteiger charge is 2.51. The number of ether oxygens (including phenoxy) is 1. The first-order chi connectivity index (χ1) is 10.2. The standard InChI is InChI=1S/C19H24O2/c1-21-12-18(20)16-3-2-4-17(8-16)19-9-13-5-14(10-19)7-15(6-13)11-19/h2-4,8,13-15H,5-7,9-12H2,1H3. The van der Waals surface area contributed by atoms with E-state index in [1.54, 1.807) is 7.11 Å². The number of hydrogen-bond acceptors (Lipinski definition) is 2. The maximum Gasteiger partial charge on any atom is 0.188 e. The molecule has 4 bridgehead atoms. The zero-order chi connectivity index (χ0) is 14.4. The van der Waals surface area contributed by atoms with Gasteiger partial charge in [-0.25, -0.2) is 0 Å². The summed E-state index contributed by atoms with van der Waals surface area (Å²) in [6.07, 6.45) is 8.42. The molecule has 4 aliphatic carbocycles. The number of Topliss-reactive ketones (excluding diaryl/α,β-unsaturated/α-hetero) is 1. The van der Waals surface area contributed by atoms with Crippen molar-refractivity contribution in [3.63, 3.8) is 0 Å². The summed E-state index contributed by atoms with van der Waals surface area (Å²) >= 11 is 0. The van der Waals surface area contributed by atoms with Crippen LogP contribution >= 0.6 is 0 Å². The highest BCUT2D eigenvalue weighted by atomic mass is 16.5. The molecule has 112 valence electrons. The quantitative estimate of drug-likeness (QED) is 0.782. The van der Waals surface area contributed by atoms with Gasteiger partial charge in [0.05, 0.1) is 0 Å². The highest BCUT2D eigenvalue weighted by molar-refractivity contribution is 5.97. The van der Waals surface area contributed by atoms with Crippen LogP contribution < -0.4 is 0 Å². The maximum absolute atomic E-state index is 12.1. The monoisotopic (exact) mass is 284 g/mol. The van der Waals surface area contributed by atoms with Gasteiger partial charge < -0.3 is 4.74 Å². The van der Waals surface area contributed by atoms with Crippen LogP contribution in [0.2, 0.25) is 0 Å². The Kier molecular flexibility index (Phi) is 3.18. The van der Waals surface area contributed by atoms with Crippen molar-refractivity contribution < 1.29 is 9.53 Å². The predicted molar refractivity (Wildman–Crippen MR) is 82.5 cm³/mol. The molecule has 0 heterocycles. The lowest BCUT2D eigenvalue weighted by Gasteiger charge is -2.57. The first-order valence-electron chi connectivity index (χ1n) is 8.31. The van der Waals surface area contributed by atoms with Crippen LogP contribution in [0.4, 0.5) is 0 Å². The molecule has 1 aromatic carbocycles. The maximum atomic E-state index is 12.1. The Balaban J connectivity index is 1.67. The van der Waals surface area contributed by atoms with Gasteiger partial charge in [-0.2, -0.15) is 0 Å². The molecule has 2 heteroatoms. The summed E-state index contributed by atoms with van der Waals surface area (Å²) in [5.41, 5.74) is 2.62. The number of carbonyl (C=O) groups excluding carboxylic acids is 1. The fourth-order valence-electron chi connectivity index (χ4n) is 5.70. The molecule has 4 fully saturated rings. The summed E-state index contributed by atoms with van der Waals surface area (Å²) in [6.45, 7) is 0.185. The van der Waals surface area contributed by atoms with E-state index in [1.165, 1.54) is 44.1 Å². The van der Waals surface area contributed by atoms with Crippen LogP contribution in [0.1, 0.15) is 54.4 Å². The minimum atomic E-state index is 0.101. The molecular weight excluding hydrogens is 260 g/mol. The number of benzene rings is 1. The number of rotatable bonds is 4. The van der Waals surface area contributed by atoms with E-state index in [-0.39, 0.29) is 12.4 Å². The van der Waals surface area contributed by atoms with E-state index in [0.717, 1.165) is 23.3 Å². The summed E-state index contributed by atoms with van der Waals surface area (Å²) < 4.78 is 5.00. The average molecular weight is 284 g/mol. The van der Waals surface area contributed by atoms with Gasteiger partial charge in [0.1, 0.15) is 6.61 Å². The minimum absolute atomic E-state index is 0.101. The Labute approximate surface area is 126 Å². The molecule has 4 aliphatic rings. The van der Waals surface area contributed by atoms with E-state index in [1.807, 2.05) is 6.07 Å². The van der Waals surface area contributed by atoms with Crippen LogP contribution in [0.25, 0.3) is 0 Å². The largest absolute Gasteiger partial charge is 0.377 e. The third-order valence-electron chi connectivity index (χ3n) is 6.11. The molecule has 0 amide bonds. The Morgan fingerprint density at radius 3 is 2.33 bits per heavy atom. The van der Waals surface area contributed by atoms with Crippen molar-refractivity contribution in [3.8, 4) is 0 Å². The fraction of sp³-hybridized carbons (Fsp3) is 0.632. The third-order valence-corrected chi connectivity index (χ3v) is 6.11. The van der Waals surface area contributed by atoms with Gasteiger partial charge in [-0.3, -0.25) is 4.79 Å². The van der Waals surface area contributed by atoms with Crippen LogP contribution in [0, 0.1) is 17.8 Å². The van der Waals surface area contributed by atoms with Crippen molar-refractivity contribution >= 4 is 5.78 Å². The lowest BCUT2D eigenvalue weighted by molar-refractivity contribution is -0.00520. The lowest BCUT2D eigenvalue weighted by atomic mass is 9.48. The summed E-state index contributed by atoms with van der Waals surface area (Å²) in [7, 11) is 1.58. The van der Waals surface area contributed by atoms with E-state index in [0.29, 0.717) is 5.41 Å². The highest BCUT2D eigenvalue weighted by Crippen LogP contribution is 2.60. The Morgan fingerprint density at radius 2 is 1.76 bits per heavy atom. The van der Waals surface area contributed by atoms with Crippen LogP contribution in [0.3, 0.4) is 0 Å². The second-order valence-corrected chi connectivity index (χ2v) is 7.63. The molecule has 5 rings (SSSR count). The molecule has 0 aliphatic heterocycles. The number of hydrogen-bond donors (Lipinski definition) is 0. The van der Waals surface area contributed by atoms with Crippen LogP contribution in [-0.4, -0.2) is 19.5 Å². The SMILES string of the molecule is COCC(=O)c1cccc(C23CC4CC(CC(C4)C2)C3)c1. The zero-order valence-corrected chi connectivity index (χ0v) is 12.8. The minimum Gasteiger partial charge on any atom is -0.377 e. The molecule has 2 nitrogen and oxygen atoms in total. The average Bonchev–Trinajstić information content (AvgIpc) is 2.46. The molecule has 21 heavy (non-hydrogen) atoms. The summed E-state index contributed by atoms with van der Waals surface area (Å²) in [5.74, 6) is 2.92. The van der Waals surface area contributed by atoms with Gasteiger partial charge in [0.25, 0.3) is 0 Å². The van der Waals surface area contributed by atoms with Crippen LogP contribution in [0.15, 0.2) is 24.3 Å². The predicted octanol–water partition coefficient (Wildman–Crippen LogP) is 3.98.